The lowest BCUT2D eigenvalue weighted by atomic mass is 10.1. The largest absolute Gasteiger partial charge is 0.383 e. The minimum Gasteiger partial charge on any atom is -0.383 e. The maximum absolute atomic E-state index is 14.5. The van der Waals surface area contributed by atoms with Crippen LogP contribution in [0.4, 0.5) is 10.2 Å². The van der Waals surface area contributed by atoms with Crippen molar-refractivity contribution in [2.75, 3.05) is 88.4 Å². The highest BCUT2D eigenvalue weighted by atomic mass is 19.1. The number of aromatic nitrogens is 4. The molecular weight excluding hydrogens is 852 g/mol. The molecule has 3 saturated heterocycles. The van der Waals surface area contributed by atoms with E-state index >= 15 is 0 Å². The summed E-state index contributed by atoms with van der Waals surface area (Å²) in [6.07, 6.45) is 1.34. The average molecular weight is 919 g/mol. The summed E-state index contributed by atoms with van der Waals surface area (Å²) in [7, 11) is 11.5. The SMILES string of the molecule is C=C1N=C(N)C(C#CC)=CN1[C@H]1CC(OC)[C@@H](COC)O1.CN[C@H]1[C@@H](OCCOC)[C@H](n2cc(C)c(N)nc2=O)O[C@@H]1COC.CN[C@H]1[C@H](F)[C@H](n2cc(C)c(C)nc2=O)O[C@@H]1COC. The third-order valence-corrected chi connectivity index (χ3v) is 11.2. The van der Waals surface area contributed by atoms with Gasteiger partial charge in [0.1, 0.15) is 48.1 Å². The number of hydrogen-bond acceptors (Lipinski definition) is 19. The van der Waals surface area contributed by atoms with Gasteiger partial charge in [0.2, 0.25) is 0 Å². The molecule has 22 heteroatoms. The minimum atomic E-state index is -1.35. The van der Waals surface area contributed by atoms with Gasteiger partial charge in [0.25, 0.3) is 0 Å². The lowest BCUT2D eigenvalue weighted by Gasteiger charge is -2.29. The zero-order valence-corrected chi connectivity index (χ0v) is 39.2. The monoisotopic (exact) mass is 918 g/mol. The van der Waals surface area contributed by atoms with Gasteiger partial charge in [-0.05, 0) is 47.4 Å². The predicted octanol–water partition coefficient (Wildman–Crippen LogP) is 0.441. The summed E-state index contributed by atoms with van der Waals surface area (Å²) in [6.45, 7) is 13.0. The van der Waals surface area contributed by atoms with E-state index in [9.17, 15) is 14.0 Å². The fraction of sp³-hybridized carbons (Fsp3) is 0.651. The first-order chi connectivity index (χ1) is 31.1. The first kappa shape index (κ1) is 53.0. The van der Waals surface area contributed by atoms with Gasteiger partial charge >= 0.3 is 11.4 Å². The quantitative estimate of drug-likeness (QED) is 0.132. The molecule has 0 spiro atoms. The van der Waals surface area contributed by atoms with Crippen LogP contribution in [0.15, 0.2) is 51.1 Å². The fourth-order valence-electron chi connectivity index (χ4n) is 7.70. The summed E-state index contributed by atoms with van der Waals surface area (Å²) in [5.74, 6) is 6.88. The molecule has 0 bridgehead atoms. The van der Waals surface area contributed by atoms with Crippen molar-refractivity contribution in [3.8, 4) is 11.8 Å². The Balaban J connectivity index is 0.000000214. The van der Waals surface area contributed by atoms with E-state index < -0.39 is 48.3 Å². The molecule has 4 aliphatic rings. The number of nitrogens with zero attached hydrogens (tertiary/aromatic N) is 6. The summed E-state index contributed by atoms with van der Waals surface area (Å²) in [5, 5.41) is 6.07. The fourth-order valence-corrected chi connectivity index (χ4v) is 7.70. The number of methoxy groups -OCH3 is 5. The van der Waals surface area contributed by atoms with Crippen molar-refractivity contribution in [3.05, 3.63) is 74.4 Å². The number of rotatable bonds is 16. The lowest BCUT2D eigenvalue weighted by molar-refractivity contribution is -0.0814. The molecule has 0 saturated carbocycles. The van der Waals surface area contributed by atoms with Crippen LogP contribution >= 0.6 is 0 Å². The summed E-state index contributed by atoms with van der Waals surface area (Å²) < 4.78 is 66.6. The lowest BCUT2D eigenvalue weighted by Crippen LogP contribution is -2.46. The van der Waals surface area contributed by atoms with E-state index in [1.54, 1.807) is 68.7 Å². The Labute approximate surface area is 379 Å². The second kappa shape index (κ2) is 25.3. The highest BCUT2D eigenvalue weighted by Gasteiger charge is 2.47. The van der Waals surface area contributed by atoms with E-state index in [0.717, 1.165) is 5.56 Å². The molecule has 6 N–H and O–H groups in total. The van der Waals surface area contributed by atoms with Gasteiger partial charge in [0, 0.05) is 71.8 Å². The second-order valence-electron chi connectivity index (χ2n) is 15.5. The van der Waals surface area contributed by atoms with Crippen LogP contribution in [-0.4, -0.2) is 168 Å². The smallest absolute Gasteiger partial charge is 0.351 e. The molecule has 4 aliphatic heterocycles. The number of alkyl halides is 1. The molecule has 1 unspecified atom stereocenters. The van der Waals surface area contributed by atoms with Crippen molar-refractivity contribution in [1.29, 1.82) is 0 Å². The second-order valence-corrected chi connectivity index (χ2v) is 15.5. The number of aliphatic imine (C=N–C) groups is 1. The van der Waals surface area contributed by atoms with E-state index in [0.29, 0.717) is 61.3 Å². The number of hydrogen-bond donors (Lipinski definition) is 4. The third kappa shape index (κ3) is 13.0. The standard InChI is InChI=1S/C15H26N4O5.C15H21N3O3.C13H20FN3O3/c1-9-7-19(15(20)18-13(9)16)14-12(23-6-5-21-3)11(17-2)10(24-14)8-22-4;1-5-6-11-8-18(10(2)17-15(11)16)14-7-12(20-4)13(21-14)9-19-3;1-7-5-17(13(18)16-8(7)2)12-10(14)11(15-3)9(20-12)6-19-4/h7,10-12,14,17H,5-6,8H2,1-4H3,(H2,16,18,20);8,12-14H,2,7,9H2,1,3-4H3,(H2,16,17);5,9-12,15H,6H2,1-4H3/t10-,11-,12-,14-;12?,13-,14-;9-,10+,11-,12-/m111/s1. The number of aryl methyl sites for hydroxylation is 3. The molecule has 362 valence electrons. The van der Waals surface area contributed by atoms with Gasteiger partial charge < -0.3 is 69.6 Å². The molecule has 0 radical (unpaired) electrons. The molecule has 0 aromatic carbocycles. The van der Waals surface area contributed by atoms with Crippen LogP contribution in [0.3, 0.4) is 0 Å². The van der Waals surface area contributed by atoms with Crippen molar-refractivity contribution in [3.63, 3.8) is 0 Å². The van der Waals surface area contributed by atoms with Gasteiger partial charge in [0.05, 0.1) is 56.8 Å². The molecule has 3 fully saturated rings. The van der Waals surface area contributed by atoms with E-state index in [1.165, 1.54) is 16.2 Å². The van der Waals surface area contributed by atoms with Gasteiger partial charge in [0.15, 0.2) is 18.6 Å². The van der Waals surface area contributed by atoms with Crippen LogP contribution in [0.1, 0.15) is 42.6 Å². The third-order valence-electron chi connectivity index (χ3n) is 11.2. The highest BCUT2D eigenvalue weighted by molar-refractivity contribution is 6.02. The van der Waals surface area contributed by atoms with Gasteiger partial charge in [-0.25, -0.2) is 19.0 Å². The Morgan fingerprint density at radius 3 is 2.02 bits per heavy atom. The Morgan fingerprint density at radius 2 is 1.42 bits per heavy atom. The topological polar surface area (TPSA) is 245 Å². The van der Waals surface area contributed by atoms with Crippen LogP contribution in [0.5, 0.6) is 0 Å². The van der Waals surface area contributed by atoms with E-state index in [2.05, 4.69) is 44.0 Å². The summed E-state index contributed by atoms with van der Waals surface area (Å²) >= 11 is 0. The zero-order valence-electron chi connectivity index (χ0n) is 39.2. The Bertz CT molecular complexity index is 2130. The normalized spacial score (nSPS) is 28.4. The average Bonchev–Trinajstić information content (AvgIpc) is 3.94. The molecule has 11 atom stereocenters. The number of likely N-dealkylation sites (N-methyl/N-ethyl adjacent to an activating group) is 2. The molecule has 21 nitrogen and oxygen atoms in total. The Hall–Kier alpha value is -4.64. The molecule has 0 aliphatic carbocycles. The maximum Gasteiger partial charge on any atom is 0.351 e. The number of halogens is 1. The maximum atomic E-state index is 14.5. The summed E-state index contributed by atoms with van der Waals surface area (Å²) in [5.41, 5.74) is 13.4. The number of nitrogens with two attached hydrogens (primary N) is 2. The van der Waals surface area contributed by atoms with Crippen LogP contribution in [0, 0.1) is 32.6 Å². The predicted molar refractivity (Wildman–Crippen MR) is 239 cm³/mol. The van der Waals surface area contributed by atoms with Crippen molar-refractivity contribution >= 4 is 11.7 Å². The molecule has 2 aromatic rings. The molecule has 2 aromatic heterocycles. The van der Waals surface area contributed by atoms with E-state index in [4.69, 9.17) is 54.1 Å². The Morgan fingerprint density at radius 1 is 0.831 bits per heavy atom. The van der Waals surface area contributed by atoms with E-state index in [-0.39, 0.29) is 43.0 Å². The van der Waals surface area contributed by atoms with Crippen molar-refractivity contribution in [2.24, 2.45) is 10.7 Å². The van der Waals surface area contributed by atoms with Gasteiger partial charge in [-0.2, -0.15) is 9.97 Å². The van der Waals surface area contributed by atoms with Crippen LogP contribution < -0.4 is 33.5 Å². The van der Waals surface area contributed by atoms with Gasteiger partial charge in [-0.15, -0.1) is 5.92 Å². The first-order valence-corrected chi connectivity index (χ1v) is 21.1. The molecular formula is C43H67FN10O11. The number of nitrogens with one attached hydrogen (secondary N) is 2. The summed E-state index contributed by atoms with van der Waals surface area (Å²) in [4.78, 5) is 38.0. The highest BCUT2D eigenvalue weighted by Crippen LogP contribution is 2.33. The van der Waals surface area contributed by atoms with Crippen LogP contribution in [0.2, 0.25) is 0 Å². The minimum absolute atomic E-state index is 0.0277. The number of amidine groups is 1. The van der Waals surface area contributed by atoms with Gasteiger partial charge in [-0.3, -0.25) is 9.13 Å². The number of ether oxygens (including phenoxy) is 9. The van der Waals surface area contributed by atoms with Gasteiger partial charge in [-0.1, -0.05) is 12.5 Å². The van der Waals surface area contributed by atoms with Crippen LogP contribution in [-0.2, 0) is 42.6 Å². The first-order valence-electron chi connectivity index (χ1n) is 21.1. The van der Waals surface area contributed by atoms with Crippen molar-refractivity contribution in [1.82, 2.24) is 34.6 Å². The molecule has 6 rings (SSSR count). The van der Waals surface area contributed by atoms with E-state index in [1.807, 2.05) is 25.1 Å². The molecule has 0 amide bonds. The number of nitrogen functional groups attached to an aromatic ring is 1. The summed E-state index contributed by atoms with van der Waals surface area (Å²) in [6, 6.07) is -0.662. The molecule has 6 heterocycles. The Kier molecular flexibility index (Phi) is 20.6. The van der Waals surface area contributed by atoms with Crippen LogP contribution in [0.25, 0.3) is 0 Å². The van der Waals surface area contributed by atoms with Crippen molar-refractivity contribution < 1.29 is 47.0 Å². The molecule has 65 heavy (non-hydrogen) atoms. The van der Waals surface area contributed by atoms with Crippen molar-refractivity contribution in [2.45, 2.75) is 102 Å². The number of anilines is 1. The zero-order chi connectivity index (χ0) is 48.0.